The molecule has 1 saturated heterocycles. The van der Waals surface area contributed by atoms with Crippen LogP contribution in [-0.4, -0.2) is 70.8 Å². The number of phenolic OH excluding ortho intramolecular Hbond substituents is 1. The van der Waals surface area contributed by atoms with Crippen LogP contribution < -0.4 is 15.4 Å². The molecular formula is C28H39N3O5. The summed E-state index contributed by atoms with van der Waals surface area (Å²) >= 11 is 0. The molecule has 2 heterocycles. The number of amides is 1. The molecule has 8 heteroatoms. The first-order chi connectivity index (χ1) is 17.0. The fraction of sp³-hybridized carbons (Fsp3) is 0.714. The number of rotatable bonds is 6. The quantitative estimate of drug-likeness (QED) is 0.519. The predicted octanol–water partition coefficient (Wildman–Crippen LogP) is 2.40. The third-order valence-corrected chi connectivity index (χ3v) is 9.14. The Kier molecular flexibility index (Phi) is 5.40. The lowest BCUT2D eigenvalue weighted by Gasteiger charge is -2.66. The van der Waals surface area contributed by atoms with Gasteiger partial charge in [-0.15, -0.1) is 0 Å². The molecule has 5 atom stereocenters. The summed E-state index contributed by atoms with van der Waals surface area (Å²) in [6, 6.07) is 3.87. The number of benzene rings is 1. The zero-order chi connectivity index (χ0) is 25.5. The molecule has 1 spiro atoms. The van der Waals surface area contributed by atoms with Crippen molar-refractivity contribution in [2.75, 3.05) is 19.6 Å². The fourth-order valence-corrected chi connectivity index (χ4v) is 7.90. The standard InChI is InChI=1S/C28H39N3O5/c1-16(32)30-28-10-9-19(29-14-22(34)36-26(2,3)4)25-27(28)11-12-31(15-17-5-6-17)21(28)13-18-7-8-20(33)24(35-25)23(18)27/h7-8,17,19,21,25,29,33H,5-6,9-15H2,1-4H3,(H,30,32)/t19?,21-,25?,27+,28-/m1/s1. The van der Waals surface area contributed by atoms with E-state index in [1.807, 2.05) is 26.8 Å². The summed E-state index contributed by atoms with van der Waals surface area (Å²) in [7, 11) is 0. The Bertz CT molecular complexity index is 1100. The van der Waals surface area contributed by atoms with Gasteiger partial charge in [-0.05, 0) is 83.4 Å². The van der Waals surface area contributed by atoms with Crippen LogP contribution in [0.3, 0.4) is 0 Å². The molecule has 1 aromatic rings. The van der Waals surface area contributed by atoms with Crippen molar-refractivity contribution in [1.29, 1.82) is 0 Å². The number of nitrogens with zero attached hydrogens (tertiary/aromatic N) is 1. The molecule has 6 rings (SSSR count). The maximum atomic E-state index is 12.8. The maximum absolute atomic E-state index is 12.8. The Labute approximate surface area is 213 Å². The summed E-state index contributed by atoms with van der Waals surface area (Å²) in [6.45, 7) is 9.32. The average molecular weight is 498 g/mol. The lowest BCUT2D eigenvalue weighted by atomic mass is 9.46. The van der Waals surface area contributed by atoms with E-state index in [1.165, 1.54) is 18.4 Å². The number of hydrogen-bond acceptors (Lipinski definition) is 7. The van der Waals surface area contributed by atoms with Crippen molar-refractivity contribution in [2.24, 2.45) is 5.92 Å². The highest BCUT2D eigenvalue weighted by molar-refractivity contribution is 5.76. The number of piperidine rings is 1. The van der Waals surface area contributed by atoms with Gasteiger partial charge in [0, 0.05) is 31.1 Å². The number of likely N-dealkylation sites (tertiary alicyclic amines) is 1. The first-order valence-corrected chi connectivity index (χ1v) is 13.5. The number of phenols is 1. The summed E-state index contributed by atoms with van der Waals surface area (Å²) in [5.41, 5.74) is 0.801. The van der Waals surface area contributed by atoms with Crippen molar-refractivity contribution < 1.29 is 24.2 Å². The number of esters is 1. The monoisotopic (exact) mass is 497 g/mol. The summed E-state index contributed by atoms with van der Waals surface area (Å²) in [5, 5.41) is 17.8. The Morgan fingerprint density at radius 1 is 1.22 bits per heavy atom. The minimum Gasteiger partial charge on any atom is -0.504 e. The SMILES string of the molecule is CC(=O)N[C@@]12CCC(NCC(=O)OC(C)(C)C)C3Oc4c(O)ccc5c4[C@@]31CCN(CC1CC1)[C@@H]2C5. The molecule has 36 heavy (non-hydrogen) atoms. The van der Waals surface area contributed by atoms with Gasteiger partial charge in [-0.2, -0.15) is 0 Å². The van der Waals surface area contributed by atoms with Gasteiger partial charge in [0.05, 0.1) is 17.5 Å². The molecule has 3 N–H and O–H groups in total. The van der Waals surface area contributed by atoms with Gasteiger partial charge in [-0.1, -0.05) is 6.07 Å². The fourth-order valence-electron chi connectivity index (χ4n) is 7.90. The van der Waals surface area contributed by atoms with E-state index in [9.17, 15) is 14.7 Å². The van der Waals surface area contributed by atoms with E-state index in [-0.39, 0.29) is 42.4 Å². The molecule has 3 fully saturated rings. The van der Waals surface area contributed by atoms with Crippen LogP contribution in [0.5, 0.6) is 11.5 Å². The first kappa shape index (κ1) is 24.0. The van der Waals surface area contributed by atoms with Crippen LogP contribution in [0.15, 0.2) is 12.1 Å². The van der Waals surface area contributed by atoms with Crippen LogP contribution in [0.2, 0.25) is 0 Å². The van der Waals surface area contributed by atoms with E-state index in [0.717, 1.165) is 50.3 Å². The molecule has 1 amide bonds. The highest BCUT2D eigenvalue weighted by atomic mass is 16.6. The Morgan fingerprint density at radius 2 is 2.00 bits per heavy atom. The van der Waals surface area contributed by atoms with E-state index in [1.54, 1.807) is 13.0 Å². The number of nitrogens with one attached hydrogen (secondary N) is 2. The second-order valence-electron chi connectivity index (χ2n) is 12.6. The highest BCUT2D eigenvalue weighted by Crippen LogP contribution is 2.65. The van der Waals surface area contributed by atoms with Crippen molar-refractivity contribution >= 4 is 11.9 Å². The molecule has 2 saturated carbocycles. The summed E-state index contributed by atoms with van der Waals surface area (Å²) in [5.74, 6) is 1.15. The first-order valence-electron chi connectivity index (χ1n) is 13.5. The third kappa shape index (κ3) is 3.55. The Balaban J connectivity index is 1.41. The van der Waals surface area contributed by atoms with Crippen molar-refractivity contribution in [3.05, 3.63) is 23.3 Å². The van der Waals surface area contributed by atoms with Gasteiger partial charge in [0.2, 0.25) is 5.91 Å². The van der Waals surface area contributed by atoms with Gasteiger partial charge in [-0.3, -0.25) is 14.5 Å². The molecule has 2 unspecified atom stereocenters. The smallest absolute Gasteiger partial charge is 0.320 e. The second kappa shape index (κ2) is 8.09. The minimum atomic E-state index is -0.545. The molecule has 0 aromatic heterocycles. The van der Waals surface area contributed by atoms with Crippen LogP contribution in [0.25, 0.3) is 0 Å². The lowest BCUT2D eigenvalue weighted by molar-refractivity contribution is -0.154. The van der Waals surface area contributed by atoms with E-state index >= 15 is 0 Å². The Morgan fingerprint density at radius 3 is 2.69 bits per heavy atom. The van der Waals surface area contributed by atoms with Crippen LogP contribution in [0.4, 0.5) is 0 Å². The van der Waals surface area contributed by atoms with Crippen molar-refractivity contribution in [2.45, 2.75) is 101 Å². The van der Waals surface area contributed by atoms with E-state index in [0.29, 0.717) is 5.75 Å². The van der Waals surface area contributed by atoms with Gasteiger partial charge < -0.3 is 25.2 Å². The van der Waals surface area contributed by atoms with Gasteiger partial charge in [0.25, 0.3) is 0 Å². The number of carbonyl (C=O) groups is 2. The third-order valence-electron chi connectivity index (χ3n) is 9.14. The molecular weight excluding hydrogens is 458 g/mol. The predicted molar refractivity (Wildman–Crippen MR) is 134 cm³/mol. The van der Waals surface area contributed by atoms with Crippen LogP contribution >= 0.6 is 0 Å². The molecule has 2 aliphatic heterocycles. The normalized spacial score (nSPS) is 34.5. The van der Waals surface area contributed by atoms with Gasteiger partial charge >= 0.3 is 5.97 Å². The lowest BCUT2D eigenvalue weighted by Crippen LogP contribution is -2.83. The van der Waals surface area contributed by atoms with Crippen molar-refractivity contribution in [3.8, 4) is 11.5 Å². The van der Waals surface area contributed by atoms with E-state index < -0.39 is 16.6 Å². The van der Waals surface area contributed by atoms with Crippen molar-refractivity contribution in [3.63, 3.8) is 0 Å². The summed E-state index contributed by atoms with van der Waals surface area (Å²) < 4.78 is 12.2. The molecule has 0 radical (unpaired) electrons. The molecule has 2 bridgehead atoms. The van der Waals surface area contributed by atoms with E-state index in [2.05, 4.69) is 15.5 Å². The topological polar surface area (TPSA) is 100 Å². The van der Waals surface area contributed by atoms with Crippen LogP contribution in [0.1, 0.15) is 70.9 Å². The molecule has 196 valence electrons. The molecule has 1 aromatic carbocycles. The number of ether oxygens (including phenoxy) is 2. The number of aromatic hydroxyl groups is 1. The zero-order valence-corrected chi connectivity index (χ0v) is 21.9. The number of carbonyl (C=O) groups excluding carboxylic acids is 2. The molecule has 3 aliphatic carbocycles. The largest absolute Gasteiger partial charge is 0.504 e. The number of hydrogen-bond donors (Lipinski definition) is 3. The van der Waals surface area contributed by atoms with Gasteiger partial charge in [-0.25, -0.2) is 0 Å². The van der Waals surface area contributed by atoms with Crippen LogP contribution in [-0.2, 0) is 26.2 Å². The minimum absolute atomic E-state index is 0.0244. The summed E-state index contributed by atoms with van der Waals surface area (Å²) in [4.78, 5) is 27.9. The van der Waals surface area contributed by atoms with E-state index in [4.69, 9.17) is 9.47 Å². The molecule has 5 aliphatic rings. The average Bonchev–Trinajstić information content (AvgIpc) is 3.52. The van der Waals surface area contributed by atoms with Crippen molar-refractivity contribution in [1.82, 2.24) is 15.5 Å². The van der Waals surface area contributed by atoms with Gasteiger partial charge in [0.1, 0.15) is 11.7 Å². The maximum Gasteiger partial charge on any atom is 0.320 e. The van der Waals surface area contributed by atoms with Gasteiger partial charge in [0.15, 0.2) is 11.5 Å². The second-order valence-corrected chi connectivity index (χ2v) is 12.6. The Hall–Kier alpha value is -2.32. The summed E-state index contributed by atoms with van der Waals surface area (Å²) in [6.07, 6.45) is 5.51. The van der Waals surface area contributed by atoms with Crippen LogP contribution in [0, 0.1) is 5.92 Å². The molecule has 8 nitrogen and oxygen atoms in total. The zero-order valence-electron chi connectivity index (χ0n) is 21.9. The highest BCUT2D eigenvalue weighted by Gasteiger charge is 2.73.